The topological polar surface area (TPSA) is 26.0 Å². The molecular weight excluding hydrogens is 181 g/mol. The average molecular weight is 194 g/mol. The summed E-state index contributed by atoms with van der Waals surface area (Å²) in [7, 11) is 0. The molecule has 0 radical (unpaired) electrons. The van der Waals surface area contributed by atoms with Crippen LogP contribution in [-0.4, -0.2) is 6.54 Å². The lowest BCUT2D eigenvalue weighted by Gasteiger charge is -1.97. The Hall–Kier alpha value is 0.280. The molecule has 2 N–H and O–H groups in total. The van der Waals surface area contributed by atoms with E-state index in [1.807, 2.05) is 6.08 Å². The molecule has 0 aromatic carbocycles. The second kappa shape index (κ2) is 2.96. The van der Waals surface area contributed by atoms with Crippen LogP contribution in [0.5, 0.6) is 0 Å². The Balaban J connectivity index is 2.59. The molecule has 0 spiro atoms. The van der Waals surface area contributed by atoms with Gasteiger partial charge in [0.15, 0.2) is 0 Å². The third kappa shape index (κ3) is 1.71. The van der Waals surface area contributed by atoms with Gasteiger partial charge in [-0.05, 0) is 23.8 Å². The van der Waals surface area contributed by atoms with Crippen molar-refractivity contribution < 1.29 is 0 Å². The highest BCUT2D eigenvalue weighted by molar-refractivity contribution is 6.55. The van der Waals surface area contributed by atoms with E-state index in [2.05, 4.69) is 13.8 Å². The van der Waals surface area contributed by atoms with Crippen molar-refractivity contribution in [2.75, 3.05) is 6.54 Å². The Morgan fingerprint density at radius 2 is 2.09 bits per heavy atom. The fourth-order valence-electron chi connectivity index (χ4n) is 1.70. The maximum atomic E-state index is 5.56. The molecule has 1 nitrogen and oxygen atoms in total. The largest absolute Gasteiger partial charge is 0.330 e. The summed E-state index contributed by atoms with van der Waals surface area (Å²) in [4.78, 5) is 0. The van der Waals surface area contributed by atoms with Crippen LogP contribution in [-0.2, 0) is 0 Å². The molecule has 1 aliphatic carbocycles. The molecule has 0 bridgehead atoms. The first kappa shape index (κ1) is 9.37. The van der Waals surface area contributed by atoms with E-state index in [4.69, 9.17) is 28.9 Å². The van der Waals surface area contributed by atoms with E-state index < -0.39 is 0 Å². The van der Waals surface area contributed by atoms with Crippen molar-refractivity contribution in [2.45, 2.75) is 13.8 Å². The predicted molar refractivity (Wildman–Crippen MR) is 49.6 cm³/mol. The van der Waals surface area contributed by atoms with Gasteiger partial charge in [-0.1, -0.05) is 43.1 Å². The highest BCUT2D eigenvalue weighted by atomic mass is 35.5. The quantitative estimate of drug-likeness (QED) is 0.718. The summed E-state index contributed by atoms with van der Waals surface area (Å²) < 4.78 is 0.360. The number of allylic oxidation sites excluding steroid dienone is 1. The molecule has 0 heterocycles. The molecule has 2 atom stereocenters. The van der Waals surface area contributed by atoms with E-state index in [1.165, 1.54) is 0 Å². The van der Waals surface area contributed by atoms with Crippen LogP contribution < -0.4 is 5.73 Å². The van der Waals surface area contributed by atoms with Crippen LogP contribution in [0.3, 0.4) is 0 Å². The molecule has 2 unspecified atom stereocenters. The molecule has 0 aromatic rings. The van der Waals surface area contributed by atoms with Crippen molar-refractivity contribution in [1.29, 1.82) is 0 Å². The smallest absolute Gasteiger partial charge is 0.103 e. The number of rotatable bonds is 2. The van der Waals surface area contributed by atoms with E-state index in [0.717, 1.165) is 6.54 Å². The van der Waals surface area contributed by atoms with Crippen molar-refractivity contribution in [3.05, 3.63) is 10.6 Å². The first-order valence-electron chi connectivity index (χ1n) is 3.73. The summed E-state index contributed by atoms with van der Waals surface area (Å²) in [6.07, 6.45) is 1.89. The lowest BCUT2D eigenvalue weighted by atomic mass is 10.1. The summed E-state index contributed by atoms with van der Waals surface area (Å²) in [5, 5.41) is 0. The molecule has 0 saturated heterocycles. The highest BCUT2D eigenvalue weighted by Crippen LogP contribution is 2.58. The molecule has 0 aliphatic heterocycles. The number of halogens is 2. The van der Waals surface area contributed by atoms with E-state index in [0.29, 0.717) is 21.7 Å². The predicted octanol–water partition coefficient (Wildman–Crippen LogP) is 2.54. The van der Waals surface area contributed by atoms with Gasteiger partial charge < -0.3 is 5.73 Å². The Morgan fingerprint density at radius 3 is 2.36 bits per heavy atom. The van der Waals surface area contributed by atoms with Crippen LogP contribution in [0, 0.1) is 17.3 Å². The highest BCUT2D eigenvalue weighted by Gasteiger charge is 2.55. The van der Waals surface area contributed by atoms with Gasteiger partial charge >= 0.3 is 0 Å². The molecule has 1 aliphatic rings. The molecule has 3 heteroatoms. The monoisotopic (exact) mass is 193 g/mol. The van der Waals surface area contributed by atoms with Gasteiger partial charge in [0.1, 0.15) is 4.49 Å². The third-order valence-corrected chi connectivity index (χ3v) is 2.95. The van der Waals surface area contributed by atoms with Gasteiger partial charge in [-0.15, -0.1) is 0 Å². The zero-order valence-electron chi connectivity index (χ0n) is 6.77. The fourth-order valence-corrected chi connectivity index (χ4v) is 1.97. The Bertz CT molecular complexity index is 183. The zero-order chi connectivity index (χ0) is 8.65. The molecule has 1 rings (SSSR count). The normalized spacial score (nSPS) is 33.2. The first-order chi connectivity index (χ1) is 5.00. The standard InChI is InChI=1S/C8H13Cl2N/c1-8(2)5(3-7(9)10)6(8)4-11/h3,5-6H,4,11H2,1-2H3. The van der Waals surface area contributed by atoms with Crippen LogP contribution in [0.4, 0.5) is 0 Å². The maximum absolute atomic E-state index is 5.56. The van der Waals surface area contributed by atoms with Crippen LogP contribution in [0.25, 0.3) is 0 Å². The first-order valence-corrected chi connectivity index (χ1v) is 4.48. The molecule has 0 aromatic heterocycles. The van der Waals surface area contributed by atoms with Gasteiger partial charge in [0.2, 0.25) is 0 Å². The van der Waals surface area contributed by atoms with Gasteiger partial charge in [-0.2, -0.15) is 0 Å². The molecule has 11 heavy (non-hydrogen) atoms. The third-order valence-electron chi connectivity index (χ3n) is 2.70. The Morgan fingerprint density at radius 1 is 1.55 bits per heavy atom. The van der Waals surface area contributed by atoms with E-state index in [1.54, 1.807) is 0 Å². The SMILES string of the molecule is CC1(C)C(C=C(Cl)Cl)C1CN. The van der Waals surface area contributed by atoms with Crippen molar-refractivity contribution in [2.24, 2.45) is 23.0 Å². The maximum Gasteiger partial charge on any atom is 0.103 e. The van der Waals surface area contributed by atoms with Crippen molar-refractivity contribution >= 4 is 23.2 Å². The fraction of sp³-hybridized carbons (Fsp3) is 0.750. The Labute approximate surface area is 77.5 Å². The Kier molecular flexibility index (Phi) is 2.53. The lowest BCUT2D eigenvalue weighted by molar-refractivity contribution is 0.555. The molecule has 64 valence electrons. The zero-order valence-corrected chi connectivity index (χ0v) is 8.28. The lowest BCUT2D eigenvalue weighted by Crippen LogP contribution is -2.05. The summed E-state index contributed by atoms with van der Waals surface area (Å²) in [5.74, 6) is 1.02. The molecule has 1 fully saturated rings. The van der Waals surface area contributed by atoms with E-state index >= 15 is 0 Å². The minimum absolute atomic E-state index is 0.295. The number of hydrogen-bond acceptors (Lipinski definition) is 1. The summed E-state index contributed by atoms with van der Waals surface area (Å²) in [6.45, 7) is 5.08. The average Bonchev–Trinajstić information content (AvgIpc) is 2.33. The van der Waals surface area contributed by atoms with Gasteiger partial charge in [-0.3, -0.25) is 0 Å². The van der Waals surface area contributed by atoms with Gasteiger partial charge in [0.25, 0.3) is 0 Å². The second-order valence-electron chi connectivity index (χ2n) is 3.65. The molecule has 1 saturated carbocycles. The van der Waals surface area contributed by atoms with Gasteiger partial charge in [0, 0.05) is 0 Å². The molecule has 0 amide bonds. The van der Waals surface area contributed by atoms with Gasteiger partial charge in [-0.25, -0.2) is 0 Å². The van der Waals surface area contributed by atoms with Gasteiger partial charge in [0.05, 0.1) is 0 Å². The van der Waals surface area contributed by atoms with Crippen LogP contribution in [0.15, 0.2) is 10.6 Å². The summed E-state index contributed by atoms with van der Waals surface area (Å²) in [6, 6.07) is 0. The minimum Gasteiger partial charge on any atom is -0.330 e. The minimum atomic E-state index is 0.295. The van der Waals surface area contributed by atoms with Crippen molar-refractivity contribution in [3.63, 3.8) is 0 Å². The number of nitrogens with two attached hydrogens (primary N) is 1. The van der Waals surface area contributed by atoms with E-state index in [-0.39, 0.29) is 0 Å². The van der Waals surface area contributed by atoms with Crippen LogP contribution in [0.2, 0.25) is 0 Å². The second-order valence-corrected chi connectivity index (χ2v) is 4.65. The summed E-state index contributed by atoms with van der Waals surface area (Å²) >= 11 is 11.1. The van der Waals surface area contributed by atoms with E-state index in [9.17, 15) is 0 Å². The van der Waals surface area contributed by atoms with Crippen LogP contribution in [0.1, 0.15) is 13.8 Å². The van der Waals surface area contributed by atoms with Crippen molar-refractivity contribution in [1.82, 2.24) is 0 Å². The number of hydrogen-bond donors (Lipinski definition) is 1. The molecular formula is C8H13Cl2N. The van der Waals surface area contributed by atoms with Crippen molar-refractivity contribution in [3.8, 4) is 0 Å². The van der Waals surface area contributed by atoms with Crippen LogP contribution >= 0.6 is 23.2 Å². The summed E-state index contributed by atoms with van der Waals surface area (Å²) in [5.41, 5.74) is 5.86.